The fraction of sp³-hybridized carbons (Fsp3) is 0.370. The maximum atomic E-state index is 12.6. The molecule has 1 saturated carbocycles. The molecule has 1 aliphatic rings. The van der Waals surface area contributed by atoms with E-state index in [2.05, 4.69) is 50.4 Å². The summed E-state index contributed by atoms with van der Waals surface area (Å²) in [6.45, 7) is 2.02. The maximum Gasteiger partial charge on any atom is 0.287 e. The predicted molar refractivity (Wildman–Crippen MR) is 141 cm³/mol. The predicted octanol–water partition coefficient (Wildman–Crippen LogP) is 7.66. The molecular weight excluding hydrogens is 535 g/mol. The van der Waals surface area contributed by atoms with Gasteiger partial charge in [-0.2, -0.15) is 0 Å². The summed E-state index contributed by atoms with van der Waals surface area (Å²) < 4.78 is 7.04. The van der Waals surface area contributed by atoms with Crippen LogP contribution in [0.25, 0.3) is 0 Å². The van der Waals surface area contributed by atoms with Crippen molar-refractivity contribution in [2.45, 2.75) is 57.7 Å². The number of hydrogen-bond acceptors (Lipinski definition) is 3. The minimum atomic E-state index is -0.214. The molecule has 1 N–H and O–H groups in total. The van der Waals surface area contributed by atoms with Gasteiger partial charge in [0, 0.05) is 33.6 Å². The summed E-state index contributed by atoms with van der Waals surface area (Å²) in [5, 5.41) is 4.13. The van der Waals surface area contributed by atoms with Crippen LogP contribution in [0.3, 0.4) is 0 Å². The first-order valence-corrected chi connectivity index (χ1v) is 13.3. The van der Waals surface area contributed by atoms with E-state index in [9.17, 15) is 4.79 Å². The van der Waals surface area contributed by atoms with E-state index in [0.29, 0.717) is 41.4 Å². The molecule has 0 unspecified atom stereocenters. The molecule has 4 nitrogen and oxygen atoms in total. The van der Waals surface area contributed by atoms with Gasteiger partial charge in [-0.1, -0.05) is 76.6 Å². The summed E-state index contributed by atoms with van der Waals surface area (Å²) >= 11 is 15.7. The van der Waals surface area contributed by atoms with E-state index >= 15 is 0 Å². The van der Waals surface area contributed by atoms with Gasteiger partial charge in [-0.25, -0.2) is 0 Å². The first kappa shape index (κ1) is 25.3. The highest BCUT2D eigenvalue weighted by atomic mass is 79.9. The van der Waals surface area contributed by atoms with E-state index in [1.165, 1.54) is 37.7 Å². The van der Waals surface area contributed by atoms with Crippen LogP contribution in [-0.4, -0.2) is 23.4 Å². The summed E-state index contributed by atoms with van der Waals surface area (Å²) in [7, 11) is 0. The van der Waals surface area contributed by atoms with Crippen molar-refractivity contribution in [2.75, 3.05) is 6.54 Å². The lowest BCUT2D eigenvalue weighted by Crippen LogP contribution is -2.35. The Labute approximate surface area is 219 Å². The molecule has 0 atom stereocenters. The largest absolute Gasteiger partial charge is 0.455 e. The molecule has 0 radical (unpaired) electrons. The Kier molecular flexibility index (Phi) is 9.12. The first-order chi connectivity index (χ1) is 16.5. The van der Waals surface area contributed by atoms with E-state index in [1.54, 1.807) is 18.2 Å². The molecule has 1 aliphatic carbocycles. The molecule has 180 valence electrons. The van der Waals surface area contributed by atoms with Gasteiger partial charge in [0.1, 0.15) is 5.76 Å². The summed E-state index contributed by atoms with van der Waals surface area (Å²) in [5.74, 6) is 0.937. The van der Waals surface area contributed by atoms with Crippen LogP contribution in [0, 0.1) is 0 Å². The number of furan rings is 1. The van der Waals surface area contributed by atoms with Crippen molar-refractivity contribution in [1.29, 1.82) is 0 Å². The smallest absolute Gasteiger partial charge is 0.287 e. The topological polar surface area (TPSA) is 45.5 Å². The molecule has 1 fully saturated rings. The van der Waals surface area contributed by atoms with Crippen molar-refractivity contribution < 1.29 is 9.21 Å². The molecule has 2 aromatic carbocycles. The van der Waals surface area contributed by atoms with Gasteiger partial charge < -0.3 is 9.73 Å². The van der Waals surface area contributed by atoms with E-state index in [4.69, 9.17) is 27.6 Å². The first-order valence-electron chi connectivity index (χ1n) is 11.8. The molecule has 1 amide bonds. The number of rotatable bonds is 9. The average Bonchev–Trinajstić information content (AvgIpc) is 3.31. The second kappa shape index (κ2) is 12.3. The maximum absolute atomic E-state index is 12.6. The van der Waals surface area contributed by atoms with Gasteiger partial charge in [0.05, 0.1) is 6.54 Å². The molecule has 4 rings (SSSR count). The summed E-state index contributed by atoms with van der Waals surface area (Å²) in [4.78, 5) is 15.1. The Morgan fingerprint density at radius 1 is 1.00 bits per heavy atom. The Balaban J connectivity index is 1.36. The lowest BCUT2D eigenvalue weighted by Gasteiger charge is -2.34. The highest BCUT2D eigenvalue weighted by Gasteiger charge is 2.23. The van der Waals surface area contributed by atoms with E-state index in [0.717, 1.165) is 22.3 Å². The Morgan fingerprint density at radius 3 is 2.50 bits per heavy atom. The normalized spacial score (nSPS) is 14.5. The molecule has 3 aromatic rings. The third-order valence-electron chi connectivity index (χ3n) is 6.33. The van der Waals surface area contributed by atoms with Crippen molar-refractivity contribution in [3.05, 3.63) is 91.8 Å². The zero-order valence-electron chi connectivity index (χ0n) is 19.0. The van der Waals surface area contributed by atoms with E-state index < -0.39 is 0 Å². The number of hydrogen-bond donors (Lipinski definition) is 1. The standard InChI is InChI=1S/C27H29BrCl2N2O2/c28-21-9-6-19(7-10-21)17-32(23-4-2-1-3-5-23)18-24-12-13-26(34-24)27(33)31-15-14-20-8-11-22(29)16-25(20)30/h6-13,16,23H,1-5,14-15,17-18H2,(H,31,33). The van der Waals surface area contributed by atoms with Gasteiger partial charge in [-0.3, -0.25) is 9.69 Å². The minimum Gasteiger partial charge on any atom is -0.455 e. The van der Waals surface area contributed by atoms with Crippen molar-refractivity contribution in [3.63, 3.8) is 0 Å². The van der Waals surface area contributed by atoms with Gasteiger partial charge >= 0.3 is 0 Å². The second-order valence-corrected chi connectivity index (χ2v) is 10.6. The van der Waals surface area contributed by atoms with Crippen LogP contribution in [0.2, 0.25) is 10.0 Å². The van der Waals surface area contributed by atoms with Crippen LogP contribution >= 0.6 is 39.1 Å². The molecular formula is C27H29BrCl2N2O2. The van der Waals surface area contributed by atoms with Crippen LogP contribution in [0.1, 0.15) is 59.5 Å². The Bertz CT molecular complexity index is 1090. The zero-order chi connectivity index (χ0) is 23.9. The number of carbonyl (C=O) groups is 1. The molecule has 34 heavy (non-hydrogen) atoms. The molecule has 0 aliphatic heterocycles. The summed E-state index contributed by atoms with van der Waals surface area (Å²) in [6.07, 6.45) is 6.89. The second-order valence-electron chi connectivity index (χ2n) is 8.83. The van der Waals surface area contributed by atoms with Crippen LogP contribution in [-0.2, 0) is 19.5 Å². The molecule has 7 heteroatoms. The van der Waals surface area contributed by atoms with Crippen molar-refractivity contribution >= 4 is 45.0 Å². The van der Waals surface area contributed by atoms with E-state index in [-0.39, 0.29) is 5.91 Å². The van der Waals surface area contributed by atoms with Gasteiger partial charge in [0.25, 0.3) is 5.91 Å². The monoisotopic (exact) mass is 562 g/mol. The quantitative estimate of drug-likeness (QED) is 0.291. The van der Waals surface area contributed by atoms with Crippen LogP contribution in [0.5, 0.6) is 0 Å². The SMILES string of the molecule is O=C(NCCc1ccc(Cl)cc1Cl)c1ccc(CN(Cc2ccc(Br)cc2)C2CCCCC2)o1. The van der Waals surface area contributed by atoms with Crippen LogP contribution in [0.15, 0.2) is 63.5 Å². The molecule has 0 bridgehead atoms. The van der Waals surface area contributed by atoms with Crippen molar-refractivity contribution in [2.24, 2.45) is 0 Å². The van der Waals surface area contributed by atoms with Crippen LogP contribution < -0.4 is 5.32 Å². The third-order valence-corrected chi connectivity index (χ3v) is 7.45. The fourth-order valence-electron chi connectivity index (χ4n) is 4.49. The lowest BCUT2D eigenvalue weighted by atomic mass is 9.93. The van der Waals surface area contributed by atoms with E-state index in [1.807, 2.05) is 12.1 Å². The van der Waals surface area contributed by atoms with Crippen molar-refractivity contribution in [3.8, 4) is 0 Å². The van der Waals surface area contributed by atoms with Crippen molar-refractivity contribution in [1.82, 2.24) is 10.2 Å². The van der Waals surface area contributed by atoms with Gasteiger partial charge in [-0.15, -0.1) is 0 Å². The Morgan fingerprint density at radius 2 is 1.76 bits per heavy atom. The molecule has 1 aromatic heterocycles. The summed E-state index contributed by atoms with van der Waals surface area (Å²) in [5.41, 5.74) is 2.22. The summed E-state index contributed by atoms with van der Waals surface area (Å²) in [6, 6.07) is 18.1. The number of nitrogens with one attached hydrogen (secondary N) is 1. The number of carbonyl (C=O) groups excluding carboxylic acids is 1. The fourth-order valence-corrected chi connectivity index (χ4v) is 5.26. The zero-order valence-corrected chi connectivity index (χ0v) is 22.1. The van der Waals surface area contributed by atoms with Gasteiger partial charge in [0.2, 0.25) is 0 Å². The molecule has 1 heterocycles. The number of amides is 1. The lowest BCUT2D eigenvalue weighted by molar-refractivity contribution is 0.0916. The molecule has 0 spiro atoms. The van der Waals surface area contributed by atoms with Crippen LogP contribution in [0.4, 0.5) is 0 Å². The third kappa shape index (κ3) is 7.11. The number of nitrogens with zero attached hydrogens (tertiary/aromatic N) is 1. The van der Waals surface area contributed by atoms with Gasteiger partial charge in [-0.05, 0) is 66.8 Å². The average molecular weight is 564 g/mol. The minimum absolute atomic E-state index is 0.214. The molecule has 0 saturated heterocycles. The highest BCUT2D eigenvalue weighted by molar-refractivity contribution is 9.10. The Hall–Kier alpha value is -1.79. The number of halogens is 3. The van der Waals surface area contributed by atoms with Gasteiger partial charge in [0.15, 0.2) is 5.76 Å². The highest BCUT2D eigenvalue weighted by Crippen LogP contribution is 2.27. The number of benzene rings is 2.